The minimum Gasteiger partial charge on any atom is -0.394 e. The van der Waals surface area contributed by atoms with Gasteiger partial charge in [-0.1, -0.05) is 193 Å². The molecule has 9 aliphatic heterocycles. The van der Waals surface area contributed by atoms with Gasteiger partial charge in [0.2, 0.25) is 17.7 Å². The van der Waals surface area contributed by atoms with Crippen molar-refractivity contribution in [2.75, 3.05) is 46.2 Å². The molecule has 3 amide bonds. The van der Waals surface area contributed by atoms with E-state index in [1.807, 2.05) is 6.08 Å². The fraction of sp³-hybridized carbons (Fsp3) is 0.948. The molecule has 48 nitrogen and oxygen atoms in total. The number of carbonyl (C=O) groups excluding carboxylic acids is 3. The quantitative estimate of drug-likeness (QED) is 0.0200. The van der Waals surface area contributed by atoms with Gasteiger partial charge in [0.15, 0.2) is 56.6 Å². The monoisotopic (exact) mass is 2090 g/mol. The zero-order chi connectivity index (χ0) is 105. The summed E-state index contributed by atoms with van der Waals surface area (Å²) in [6, 6.07) is -5.29. The second-order valence-corrected chi connectivity index (χ2v) is 39.7. The van der Waals surface area contributed by atoms with Gasteiger partial charge < -0.3 is 224 Å². The summed E-state index contributed by atoms with van der Waals surface area (Å²) in [6.07, 6.45) is -52.6. The van der Waals surface area contributed by atoms with E-state index >= 15 is 0 Å². The number of nitrogens with one attached hydrogen (secondary N) is 3. The van der Waals surface area contributed by atoms with Crippen molar-refractivity contribution in [1.82, 2.24) is 16.0 Å². The smallest absolute Gasteiger partial charge is 0.220 e. The summed E-state index contributed by atoms with van der Waals surface area (Å²) in [5.74, 6) is -2.41. The number of rotatable bonds is 60. The van der Waals surface area contributed by atoms with Gasteiger partial charge in [0.25, 0.3) is 0 Å². The fourth-order valence-electron chi connectivity index (χ4n) is 19.7. The van der Waals surface area contributed by atoms with E-state index in [-0.39, 0.29) is 12.3 Å². The summed E-state index contributed by atoms with van der Waals surface area (Å²) < 4.78 is 111. The van der Waals surface area contributed by atoms with Crippen LogP contribution in [0.25, 0.3) is 0 Å². The first-order valence-electron chi connectivity index (χ1n) is 52.1. The Kier molecular flexibility index (Phi) is 54.0. The summed E-state index contributed by atoms with van der Waals surface area (Å²) in [4.78, 5) is 41.4. The molecule has 0 aromatic carbocycles. The molecule has 0 spiro atoms. The predicted molar refractivity (Wildman–Crippen MR) is 497 cm³/mol. The molecule has 0 aromatic heterocycles. The molecule has 9 aliphatic rings. The molecule has 9 heterocycles. The maximum Gasteiger partial charge on any atom is 0.220 e. The van der Waals surface area contributed by atoms with E-state index in [1.165, 1.54) is 130 Å². The molecule has 0 bridgehead atoms. The van der Waals surface area contributed by atoms with E-state index in [0.717, 1.165) is 78.1 Å². The Morgan fingerprint density at radius 2 is 0.569 bits per heavy atom. The number of allylic oxidation sites excluding steroid dienone is 1. The van der Waals surface area contributed by atoms with Crippen LogP contribution < -0.4 is 16.0 Å². The molecule has 18 unspecified atom stereocenters. The average Bonchev–Trinajstić information content (AvgIpc) is 0.735. The molecule has 0 saturated carbocycles. The number of aliphatic hydroxyl groups excluding tert-OH is 24. The zero-order valence-electron chi connectivity index (χ0n) is 83.8. The van der Waals surface area contributed by atoms with Crippen molar-refractivity contribution < 1.29 is 222 Å². The lowest BCUT2D eigenvalue weighted by Gasteiger charge is -2.53. The third kappa shape index (κ3) is 34.5. The Morgan fingerprint density at radius 3 is 0.944 bits per heavy atom. The molecule has 840 valence electrons. The Bertz CT molecular complexity index is 3590. The van der Waals surface area contributed by atoms with Crippen LogP contribution in [0.4, 0.5) is 0 Å². The molecular formula is C96H171N3O45. The number of ether oxygens (including phenoxy) is 18. The highest BCUT2D eigenvalue weighted by Gasteiger charge is 2.62. The van der Waals surface area contributed by atoms with E-state index in [1.54, 1.807) is 6.08 Å². The van der Waals surface area contributed by atoms with Gasteiger partial charge in [-0.15, -0.1) is 0 Å². The highest BCUT2D eigenvalue weighted by Crippen LogP contribution is 2.42. The van der Waals surface area contributed by atoms with Gasteiger partial charge in [0, 0.05) is 20.3 Å². The molecular weight excluding hydrogens is 1920 g/mol. The lowest BCUT2D eigenvalue weighted by Crippen LogP contribution is -2.72. The first-order valence-corrected chi connectivity index (χ1v) is 52.1. The van der Waals surface area contributed by atoms with Crippen molar-refractivity contribution >= 4 is 17.7 Å². The van der Waals surface area contributed by atoms with Gasteiger partial charge in [-0.05, 0) is 40.0 Å². The number of hydrogen-bond donors (Lipinski definition) is 27. The third-order valence-electron chi connectivity index (χ3n) is 28.5. The van der Waals surface area contributed by atoms with Crippen molar-refractivity contribution in [2.45, 2.75) is 529 Å². The predicted octanol–water partition coefficient (Wildman–Crippen LogP) is -5.09. The summed E-state index contributed by atoms with van der Waals surface area (Å²) in [6.45, 7) is 2.67. The molecule has 47 atom stereocenters. The lowest BCUT2D eigenvalue weighted by molar-refractivity contribution is -0.404. The van der Waals surface area contributed by atoms with Crippen LogP contribution in [0.15, 0.2) is 12.2 Å². The van der Waals surface area contributed by atoms with Crippen LogP contribution in [0.5, 0.6) is 0 Å². The summed E-state index contributed by atoms with van der Waals surface area (Å²) >= 11 is 0. The van der Waals surface area contributed by atoms with Crippen LogP contribution in [-0.4, -0.2) is 475 Å². The number of amides is 3. The van der Waals surface area contributed by atoms with Crippen LogP contribution in [0, 0.1) is 0 Å². The maximum absolute atomic E-state index is 13.9. The highest BCUT2D eigenvalue weighted by atomic mass is 16.8. The highest BCUT2D eigenvalue weighted by molar-refractivity contribution is 5.76. The first kappa shape index (κ1) is 124. The lowest BCUT2D eigenvalue weighted by atomic mass is 9.93. The SMILES string of the molecule is CCCCCCCCCCCCC/C=C/[C@@H](O)[C@H](CO[C@@H]1OC(CO)[C@@H](O[C@@H]2OC(CO)[C@H](O)[C@H](O[C@@H]3OC(CO)[C@@H](O[C@H]4OC(C)[C@@H](O)C(O)[C@@H]4O)[C@H](O[C@@H]4OC(CO)[C@H](O)[C@H](O[C@@H]5OC(CO)[C@@H](O[C@@H]6OC(CO)[C@H](O)[C@H](O)C6O[C@H]6OC(C)[C@@H](O)C(O)[C@@H]6O)[C@H](O[C@H]6OC(C)[C@@H](O)C(O)[C@@H]6O)C5NC(C)=O)C4O)C3NC(C)=O)C2O)[C@H](O)C1O)NC(=O)CCCCCCCCCCCCCCCCCCC. The molecule has 27 N–H and O–H groups in total. The standard InChI is InChI=1S/C96H171N3O45/c1-8-10-12-14-16-18-20-22-23-24-25-27-29-31-33-35-37-39-60(109)99-52(53(108)38-36-34-32-30-28-26-21-19-17-15-13-11-9-2)46-127-90-77(124)73(120)80(57(43-103)136-90)137-94-78(125)85(67(114)55(41-101)131-94)142-88-61(97-50(6)106)83(81(58(44-104)134-88)138-91-74(121)69(116)63(110)47(3)128-91)141-95-79(126)86(68(115)56(42-102)132-95)143-89-62(98-51(7)107)84(140-92-75(122)70(117)64(111)48(4)129-92)82(59(45-105)135-89)139-96-87(72(119)66(113)54(40-100)133-96)144-93-76(123)71(118)65(112)49(5)130-93/h36,38,47-49,52-59,61-96,100-105,108,110-126H,8-35,37,39-46H2,1-7H3,(H,97,106)(H,98,107)(H,99,109)/b38-36+/t47?,48?,49?,52-,53+,54?,55?,56?,57?,58?,59?,61?,62?,63+,64+,65+,66-,67-,68-,69?,70?,71?,72-,73+,74-,75-,76-,77?,78?,79?,80+,81+,82+,83+,84+,85-,86-,87?,88-,89-,90+,91+,92+,93+,94-,95-,96-/m0/s1. The van der Waals surface area contributed by atoms with Gasteiger partial charge in [-0.25, -0.2) is 0 Å². The van der Waals surface area contributed by atoms with Crippen molar-refractivity contribution in [3.63, 3.8) is 0 Å². The van der Waals surface area contributed by atoms with Crippen molar-refractivity contribution in [3.8, 4) is 0 Å². The van der Waals surface area contributed by atoms with Crippen molar-refractivity contribution in [2.24, 2.45) is 0 Å². The first-order chi connectivity index (χ1) is 68.9. The van der Waals surface area contributed by atoms with Crippen LogP contribution in [0.2, 0.25) is 0 Å². The maximum atomic E-state index is 13.9. The molecule has 0 aromatic rings. The van der Waals surface area contributed by atoms with E-state index in [0.29, 0.717) is 12.8 Å². The molecule has 9 rings (SSSR count). The Hall–Kier alpha value is -3.53. The zero-order valence-corrected chi connectivity index (χ0v) is 83.8. The van der Waals surface area contributed by atoms with E-state index in [2.05, 4.69) is 29.8 Å². The van der Waals surface area contributed by atoms with Gasteiger partial charge >= 0.3 is 0 Å². The number of carbonyl (C=O) groups is 3. The molecule has 0 aliphatic carbocycles. The number of aliphatic hydroxyl groups is 24. The largest absolute Gasteiger partial charge is 0.394 e. The van der Waals surface area contributed by atoms with Crippen LogP contribution in [0.3, 0.4) is 0 Å². The Balaban J connectivity index is 0.948. The van der Waals surface area contributed by atoms with E-state index < -0.39 is 346 Å². The van der Waals surface area contributed by atoms with Gasteiger partial charge in [0.1, 0.15) is 201 Å². The topological polar surface area (TPSA) is 739 Å². The van der Waals surface area contributed by atoms with Crippen molar-refractivity contribution in [1.29, 1.82) is 0 Å². The Morgan fingerprint density at radius 1 is 0.285 bits per heavy atom. The molecule has 9 fully saturated rings. The van der Waals surface area contributed by atoms with Crippen LogP contribution in [-0.2, 0) is 99.6 Å². The molecule has 9 saturated heterocycles. The average molecular weight is 2090 g/mol. The van der Waals surface area contributed by atoms with E-state index in [9.17, 15) is 137 Å². The van der Waals surface area contributed by atoms with Gasteiger partial charge in [-0.3, -0.25) is 14.4 Å². The van der Waals surface area contributed by atoms with Gasteiger partial charge in [-0.2, -0.15) is 0 Å². The van der Waals surface area contributed by atoms with Gasteiger partial charge in [0.05, 0.1) is 76.7 Å². The van der Waals surface area contributed by atoms with E-state index in [4.69, 9.17) is 85.3 Å². The molecule has 48 heteroatoms. The number of hydrogen-bond acceptors (Lipinski definition) is 45. The fourth-order valence-corrected chi connectivity index (χ4v) is 19.7. The normalized spacial score (nSPS) is 41.3. The Labute approximate surface area is 840 Å². The molecule has 0 radical (unpaired) electrons. The second kappa shape index (κ2) is 62.7. The number of unbranched alkanes of at least 4 members (excludes halogenated alkanes) is 27. The third-order valence-corrected chi connectivity index (χ3v) is 28.5. The minimum absolute atomic E-state index is 0.128. The summed E-state index contributed by atoms with van der Waals surface area (Å²) in [5.41, 5.74) is 0. The second-order valence-electron chi connectivity index (χ2n) is 39.7. The summed E-state index contributed by atoms with van der Waals surface area (Å²) in [5, 5.41) is 282. The minimum atomic E-state index is -2.55. The van der Waals surface area contributed by atoms with Crippen LogP contribution >= 0.6 is 0 Å². The molecule has 144 heavy (non-hydrogen) atoms. The van der Waals surface area contributed by atoms with Crippen molar-refractivity contribution in [3.05, 3.63) is 12.2 Å². The van der Waals surface area contributed by atoms with Crippen LogP contribution in [0.1, 0.15) is 241 Å². The summed E-state index contributed by atoms with van der Waals surface area (Å²) in [7, 11) is 0.